The molecule has 2 atom stereocenters. The van der Waals surface area contributed by atoms with Gasteiger partial charge in [-0.25, -0.2) is 21.9 Å². The van der Waals surface area contributed by atoms with Crippen molar-refractivity contribution >= 4 is 27.5 Å². The smallest absolute Gasteiger partial charge is 0.267 e. The van der Waals surface area contributed by atoms with Crippen molar-refractivity contribution in [2.75, 3.05) is 6.54 Å². The first kappa shape index (κ1) is 25.4. The van der Waals surface area contributed by atoms with Crippen molar-refractivity contribution in [2.24, 2.45) is 0 Å². The number of ether oxygens (including phenoxy) is 1. The molecule has 36 heavy (non-hydrogen) atoms. The van der Waals surface area contributed by atoms with Gasteiger partial charge in [0.15, 0.2) is 0 Å². The Morgan fingerprint density at radius 3 is 2.53 bits per heavy atom. The predicted molar refractivity (Wildman–Crippen MR) is 133 cm³/mol. The number of hydrogen-bond acceptors (Lipinski definition) is 5. The third-order valence-electron chi connectivity index (χ3n) is 7.21. The molecule has 1 heterocycles. The number of benzene rings is 2. The van der Waals surface area contributed by atoms with Crippen LogP contribution in [0.2, 0.25) is 5.02 Å². The van der Waals surface area contributed by atoms with Crippen LogP contribution in [0.15, 0.2) is 30.3 Å². The lowest BCUT2D eigenvalue weighted by Crippen LogP contribution is -2.45. The number of likely N-dealkylation sites (tertiary alicyclic amines) is 1. The van der Waals surface area contributed by atoms with Gasteiger partial charge in [0, 0.05) is 30.2 Å². The molecular weight excluding hydrogens is 510 g/mol. The summed E-state index contributed by atoms with van der Waals surface area (Å²) in [7, 11) is -3.78. The average molecular weight is 539 g/mol. The van der Waals surface area contributed by atoms with E-state index in [2.05, 4.69) is 11.8 Å². The van der Waals surface area contributed by atoms with Crippen LogP contribution in [0.5, 0.6) is 5.75 Å². The van der Waals surface area contributed by atoms with Gasteiger partial charge in [-0.15, -0.1) is 0 Å². The number of amides is 1. The van der Waals surface area contributed by atoms with Gasteiger partial charge in [-0.2, -0.15) is 0 Å². The number of halogens is 3. The molecule has 2 aliphatic carbocycles. The lowest BCUT2D eigenvalue weighted by molar-refractivity contribution is 0.0502. The number of rotatable bonds is 8. The summed E-state index contributed by atoms with van der Waals surface area (Å²) in [5.74, 6) is -1.58. The molecule has 1 amide bonds. The van der Waals surface area contributed by atoms with Gasteiger partial charge in [-0.3, -0.25) is 9.69 Å². The quantitative estimate of drug-likeness (QED) is 0.503. The molecule has 3 aliphatic rings. The fraction of sp³-hybridized carbons (Fsp3) is 0.500. The Morgan fingerprint density at radius 2 is 1.86 bits per heavy atom. The van der Waals surface area contributed by atoms with Gasteiger partial charge < -0.3 is 4.74 Å². The third kappa shape index (κ3) is 5.68. The standard InChI is InChI=1S/C26H29ClF2N2O4S/c1-15-2-7-19(14-31(15)13-17-5-6-18(28)10-23(17)27)35-25-12-24(29)22(11-21(25)16-3-4-16)26(32)30-36(33,34)20-8-9-20/h5-6,10-12,15-16,19-20H,2-4,7-9,13-14H2,1H3,(H,30,32)/t15-,19-/m1/s1. The molecule has 194 valence electrons. The second kappa shape index (κ2) is 9.91. The van der Waals surface area contributed by atoms with E-state index in [1.165, 1.54) is 24.3 Å². The van der Waals surface area contributed by atoms with Crippen molar-refractivity contribution in [1.82, 2.24) is 9.62 Å². The summed E-state index contributed by atoms with van der Waals surface area (Å²) >= 11 is 6.23. The van der Waals surface area contributed by atoms with Crippen molar-refractivity contribution in [3.05, 3.63) is 63.7 Å². The molecule has 0 bridgehead atoms. The number of carbonyl (C=O) groups is 1. The summed E-state index contributed by atoms with van der Waals surface area (Å²) in [6.45, 7) is 3.24. The molecule has 0 aromatic heterocycles. The van der Waals surface area contributed by atoms with Crippen LogP contribution in [-0.2, 0) is 16.6 Å². The number of carbonyl (C=O) groups excluding carboxylic acids is 1. The summed E-state index contributed by atoms with van der Waals surface area (Å²) in [6, 6.07) is 7.31. The van der Waals surface area contributed by atoms with Gasteiger partial charge in [-0.05, 0) is 80.7 Å². The first-order chi connectivity index (χ1) is 17.1. The molecule has 1 aliphatic heterocycles. The third-order valence-corrected chi connectivity index (χ3v) is 9.38. The van der Waals surface area contributed by atoms with Crippen molar-refractivity contribution in [1.29, 1.82) is 0 Å². The van der Waals surface area contributed by atoms with Crippen molar-refractivity contribution in [2.45, 2.75) is 75.3 Å². The Hall–Kier alpha value is -2.23. The first-order valence-corrected chi connectivity index (χ1v) is 14.3. The molecule has 5 rings (SSSR count). The van der Waals surface area contributed by atoms with Gasteiger partial charge in [0.2, 0.25) is 10.0 Å². The Kier molecular flexibility index (Phi) is 7.00. The van der Waals surface area contributed by atoms with Gasteiger partial charge in [0.25, 0.3) is 5.91 Å². The molecule has 6 nitrogen and oxygen atoms in total. The van der Waals surface area contributed by atoms with Gasteiger partial charge in [0.05, 0.1) is 10.8 Å². The van der Waals surface area contributed by atoms with Crippen LogP contribution in [-0.4, -0.2) is 43.2 Å². The number of sulfonamides is 1. The molecule has 0 spiro atoms. The van der Waals surface area contributed by atoms with Crippen molar-refractivity contribution < 1.29 is 26.7 Å². The number of hydrogen-bond donors (Lipinski definition) is 1. The molecule has 2 aromatic carbocycles. The second-order valence-electron chi connectivity index (χ2n) is 10.2. The van der Waals surface area contributed by atoms with E-state index in [0.717, 1.165) is 36.8 Å². The number of nitrogens with one attached hydrogen (secondary N) is 1. The maximum Gasteiger partial charge on any atom is 0.267 e. The maximum absolute atomic E-state index is 15.0. The predicted octanol–water partition coefficient (Wildman–Crippen LogP) is 5.15. The molecule has 1 saturated heterocycles. The molecule has 1 N–H and O–H groups in total. The summed E-state index contributed by atoms with van der Waals surface area (Å²) in [4.78, 5) is 14.8. The fourth-order valence-corrected chi connectivity index (χ4v) is 6.23. The van der Waals surface area contributed by atoms with Crippen molar-refractivity contribution in [3.63, 3.8) is 0 Å². The highest BCUT2D eigenvalue weighted by atomic mass is 35.5. The zero-order valence-electron chi connectivity index (χ0n) is 20.0. The zero-order chi connectivity index (χ0) is 25.6. The van der Waals surface area contributed by atoms with Crippen LogP contribution in [0.1, 0.15) is 72.9 Å². The number of piperidine rings is 1. The Morgan fingerprint density at radius 1 is 1.11 bits per heavy atom. The van der Waals surface area contributed by atoms with Gasteiger partial charge in [-0.1, -0.05) is 17.7 Å². The van der Waals surface area contributed by atoms with E-state index in [1.807, 2.05) is 4.72 Å². The molecular formula is C26H29ClF2N2O4S. The lowest BCUT2D eigenvalue weighted by atomic mass is 9.99. The number of nitrogens with zero attached hydrogens (tertiary/aromatic N) is 1. The first-order valence-electron chi connectivity index (χ1n) is 12.3. The van der Waals surface area contributed by atoms with Crippen LogP contribution in [0.25, 0.3) is 0 Å². The van der Waals surface area contributed by atoms with E-state index in [0.29, 0.717) is 36.7 Å². The Labute approximate surface area is 215 Å². The minimum Gasteiger partial charge on any atom is -0.489 e. The fourth-order valence-electron chi connectivity index (χ4n) is 4.71. The summed E-state index contributed by atoms with van der Waals surface area (Å²) in [5.41, 5.74) is 1.28. The summed E-state index contributed by atoms with van der Waals surface area (Å²) in [5, 5.41) is -0.197. The lowest BCUT2D eigenvalue weighted by Gasteiger charge is -2.38. The molecule has 0 radical (unpaired) electrons. The zero-order valence-corrected chi connectivity index (χ0v) is 21.5. The van der Waals surface area contributed by atoms with Crippen LogP contribution < -0.4 is 9.46 Å². The largest absolute Gasteiger partial charge is 0.489 e. The topological polar surface area (TPSA) is 75.7 Å². The summed E-state index contributed by atoms with van der Waals surface area (Å²) in [6.07, 6.45) is 4.27. The normalized spacial score (nSPS) is 22.9. The van der Waals surface area contributed by atoms with E-state index in [-0.39, 0.29) is 29.4 Å². The summed E-state index contributed by atoms with van der Waals surface area (Å²) < 4.78 is 61.1. The minimum absolute atomic E-state index is 0.156. The average Bonchev–Trinajstić information content (AvgIpc) is 3.70. The van der Waals surface area contributed by atoms with Crippen LogP contribution in [0, 0.1) is 11.6 Å². The van der Waals surface area contributed by atoms with E-state index in [9.17, 15) is 17.6 Å². The molecule has 3 fully saturated rings. The Bertz CT molecular complexity index is 1280. The van der Waals surface area contributed by atoms with Crippen LogP contribution >= 0.6 is 11.6 Å². The molecule has 2 saturated carbocycles. The van der Waals surface area contributed by atoms with Crippen molar-refractivity contribution in [3.8, 4) is 5.75 Å². The monoisotopic (exact) mass is 538 g/mol. The molecule has 0 unspecified atom stereocenters. The van der Waals surface area contributed by atoms with Crippen LogP contribution in [0.4, 0.5) is 8.78 Å². The van der Waals surface area contributed by atoms with Crippen LogP contribution in [0.3, 0.4) is 0 Å². The molecule has 2 aromatic rings. The van der Waals surface area contributed by atoms with Gasteiger partial charge >= 0.3 is 0 Å². The highest BCUT2D eigenvalue weighted by molar-refractivity contribution is 7.91. The minimum atomic E-state index is -3.78. The molecule has 10 heteroatoms. The highest BCUT2D eigenvalue weighted by Crippen LogP contribution is 2.45. The Balaban J connectivity index is 1.32. The highest BCUT2D eigenvalue weighted by Gasteiger charge is 2.38. The van der Waals surface area contributed by atoms with E-state index < -0.39 is 27.0 Å². The van der Waals surface area contributed by atoms with Gasteiger partial charge in [0.1, 0.15) is 23.5 Å². The van der Waals surface area contributed by atoms with E-state index in [4.69, 9.17) is 16.3 Å². The SMILES string of the molecule is C[C@@H]1CC[C@@H](Oc2cc(F)c(C(=O)NS(=O)(=O)C3CC3)cc2C2CC2)CN1Cc1ccc(F)cc1Cl. The van der Waals surface area contributed by atoms with E-state index in [1.54, 1.807) is 6.07 Å². The maximum atomic E-state index is 15.0. The van der Waals surface area contributed by atoms with E-state index >= 15 is 4.39 Å². The second-order valence-corrected chi connectivity index (χ2v) is 12.5.